The van der Waals surface area contributed by atoms with Crippen LogP contribution < -0.4 is 10.6 Å². The Morgan fingerprint density at radius 1 is 1.26 bits per heavy atom. The highest BCUT2D eigenvalue weighted by molar-refractivity contribution is 6.30. The van der Waals surface area contributed by atoms with E-state index < -0.39 is 6.10 Å². The van der Waals surface area contributed by atoms with Crippen molar-refractivity contribution in [3.63, 3.8) is 0 Å². The number of halogens is 1. The van der Waals surface area contributed by atoms with Crippen LogP contribution in [-0.4, -0.2) is 36.9 Å². The summed E-state index contributed by atoms with van der Waals surface area (Å²) < 4.78 is 5.73. The van der Waals surface area contributed by atoms with Crippen LogP contribution in [0.1, 0.15) is 43.8 Å². The Morgan fingerprint density at radius 2 is 1.96 bits per heavy atom. The SMILES string of the molecule is O=C(NCCCOC1CCCC1)NCC(O)c1ccc(Cl)cc1. The molecule has 0 spiro atoms. The molecule has 1 unspecified atom stereocenters. The molecule has 1 saturated carbocycles. The normalized spacial score (nSPS) is 16.3. The number of aliphatic hydroxyl groups is 1. The van der Waals surface area contributed by atoms with Crippen LogP contribution in [0.3, 0.4) is 0 Å². The Hall–Kier alpha value is -1.30. The van der Waals surface area contributed by atoms with Gasteiger partial charge in [-0.25, -0.2) is 4.79 Å². The molecule has 1 fully saturated rings. The van der Waals surface area contributed by atoms with Gasteiger partial charge in [-0.1, -0.05) is 36.6 Å². The zero-order valence-corrected chi connectivity index (χ0v) is 14.0. The van der Waals surface area contributed by atoms with E-state index in [-0.39, 0.29) is 12.6 Å². The third-order valence-electron chi connectivity index (χ3n) is 3.97. The fourth-order valence-corrected chi connectivity index (χ4v) is 2.76. The van der Waals surface area contributed by atoms with E-state index in [4.69, 9.17) is 16.3 Å². The van der Waals surface area contributed by atoms with Crippen molar-refractivity contribution in [2.45, 2.75) is 44.3 Å². The maximum absolute atomic E-state index is 11.7. The lowest BCUT2D eigenvalue weighted by molar-refractivity contribution is 0.0571. The van der Waals surface area contributed by atoms with Gasteiger partial charge >= 0.3 is 6.03 Å². The molecule has 6 heteroatoms. The molecule has 2 rings (SSSR count). The molecule has 1 aromatic carbocycles. The summed E-state index contributed by atoms with van der Waals surface area (Å²) in [6.07, 6.45) is 5.32. The highest BCUT2D eigenvalue weighted by Crippen LogP contribution is 2.20. The first kappa shape index (κ1) is 18.0. The first-order valence-electron chi connectivity index (χ1n) is 8.22. The second kappa shape index (κ2) is 9.75. The second-order valence-electron chi connectivity index (χ2n) is 5.83. The summed E-state index contributed by atoms with van der Waals surface area (Å²) >= 11 is 5.80. The number of carbonyl (C=O) groups is 1. The zero-order valence-electron chi connectivity index (χ0n) is 13.3. The third-order valence-corrected chi connectivity index (χ3v) is 4.23. The number of hydrogen-bond acceptors (Lipinski definition) is 3. The number of benzene rings is 1. The monoisotopic (exact) mass is 340 g/mol. The van der Waals surface area contributed by atoms with Gasteiger partial charge in [-0.2, -0.15) is 0 Å². The van der Waals surface area contributed by atoms with Gasteiger partial charge < -0.3 is 20.5 Å². The van der Waals surface area contributed by atoms with Gasteiger partial charge in [0.2, 0.25) is 0 Å². The van der Waals surface area contributed by atoms with Crippen LogP contribution in [0.2, 0.25) is 5.02 Å². The largest absolute Gasteiger partial charge is 0.387 e. The Balaban J connectivity index is 1.53. The van der Waals surface area contributed by atoms with Crippen LogP contribution >= 0.6 is 11.6 Å². The lowest BCUT2D eigenvalue weighted by Crippen LogP contribution is -2.38. The Labute approximate surface area is 142 Å². The van der Waals surface area contributed by atoms with E-state index in [1.807, 2.05) is 0 Å². The molecule has 0 aromatic heterocycles. The van der Waals surface area contributed by atoms with E-state index in [9.17, 15) is 9.90 Å². The maximum atomic E-state index is 11.7. The topological polar surface area (TPSA) is 70.6 Å². The number of ether oxygens (including phenoxy) is 1. The van der Waals surface area contributed by atoms with E-state index in [1.54, 1.807) is 24.3 Å². The molecule has 3 N–H and O–H groups in total. The van der Waals surface area contributed by atoms with Gasteiger partial charge in [0.05, 0.1) is 12.2 Å². The van der Waals surface area contributed by atoms with E-state index in [2.05, 4.69) is 10.6 Å². The molecule has 0 aliphatic heterocycles. The van der Waals surface area contributed by atoms with Crippen LogP contribution in [0.15, 0.2) is 24.3 Å². The lowest BCUT2D eigenvalue weighted by atomic mass is 10.1. The van der Waals surface area contributed by atoms with Crippen molar-refractivity contribution in [1.82, 2.24) is 10.6 Å². The van der Waals surface area contributed by atoms with Gasteiger partial charge in [-0.15, -0.1) is 0 Å². The minimum atomic E-state index is -0.747. The highest BCUT2D eigenvalue weighted by Gasteiger charge is 2.14. The fraction of sp³-hybridized carbons (Fsp3) is 0.588. The zero-order chi connectivity index (χ0) is 16.5. The average molecular weight is 341 g/mol. The predicted octanol–water partition coefficient (Wildman–Crippen LogP) is 3.02. The molecule has 0 bridgehead atoms. The summed E-state index contributed by atoms with van der Waals surface area (Å²) in [6, 6.07) is 6.63. The molecule has 1 aliphatic rings. The minimum absolute atomic E-state index is 0.159. The number of rotatable bonds is 8. The molecular formula is C17H25ClN2O3. The van der Waals surface area contributed by atoms with Crippen LogP contribution in [-0.2, 0) is 4.74 Å². The molecular weight excluding hydrogens is 316 g/mol. The van der Waals surface area contributed by atoms with Gasteiger partial charge in [0, 0.05) is 24.7 Å². The number of urea groups is 1. The standard InChI is InChI=1S/C17H25ClN2O3/c18-14-8-6-13(7-9-14)16(21)12-20-17(22)19-10-3-11-23-15-4-1-2-5-15/h6-9,15-16,21H,1-5,10-12H2,(H2,19,20,22). The summed E-state index contributed by atoms with van der Waals surface area (Å²) in [5.41, 5.74) is 0.722. The molecule has 1 aliphatic carbocycles. The summed E-state index contributed by atoms with van der Waals surface area (Å²) in [5.74, 6) is 0. The van der Waals surface area contributed by atoms with Gasteiger partial charge in [0.1, 0.15) is 0 Å². The van der Waals surface area contributed by atoms with Crippen molar-refractivity contribution in [3.05, 3.63) is 34.9 Å². The van der Waals surface area contributed by atoms with E-state index >= 15 is 0 Å². The summed E-state index contributed by atoms with van der Waals surface area (Å²) in [5, 5.41) is 16.0. The molecule has 0 saturated heterocycles. The molecule has 5 nitrogen and oxygen atoms in total. The Morgan fingerprint density at radius 3 is 2.65 bits per heavy atom. The van der Waals surface area contributed by atoms with Crippen LogP contribution in [0.4, 0.5) is 4.79 Å². The average Bonchev–Trinajstić information content (AvgIpc) is 3.06. The number of aliphatic hydroxyl groups excluding tert-OH is 1. The van der Waals surface area contributed by atoms with Crippen LogP contribution in [0.25, 0.3) is 0 Å². The van der Waals surface area contributed by atoms with Gasteiger partial charge in [-0.3, -0.25) is 0 Å². The Bertz CT molecular complexity index is 475. The molecule has 0 radical (unpaired) electrons. The summed E-state index contributed by atoms with van der Waals surface area (Å²) in [6.45, 7) is 1.40. The minimum Gasteiger partial charge on any atom is -0.387 e. The lowest BCUT2D eigenvalue weighted by Gasteiger charge is -2.14. The molecule has 23 heavy (non-hydrogen) atoms. The van der Waals surface area contributed by atoms with Crippen molar-refractivity contribution < 1.29 is 14.6 Å². The van der Waals surface area contributed by atoms with Gasteiger partial charge in [0.25, 0.3) is 0 Å². The highest BCUT2D eigenvalue weighted by atomic mass is 35.5. The van der Waals surface area contributed by atoms with E-state index in [1.165, 1.54) is 12.8 Å². The number of nitrogens with one attached hydrogen (secondary N) is 2. The maximum Gasteiger partial charge on any atom is 0.314 e. The number of amides is 2. The van der Waals surface area contributed by atoms with Crippen molar-refractivity contribution in [3.8, 4) is 0 Å². The predicted molar refractivity (Wildman–Crippen MR) is 90.6 cm³/mol. The van der Waals surface area contributed by atoms with Gasteiger partial charge in [0.15, 0.2) is 0 Å². The first-order chi connectivity index (χ1) is 11.1. The van der Waals surface area contributed by atoms with Gasteiger partial charge in [-0.05, 0) is 37.0 Å². The molecule has 1 atom stereocenters. The molecule has 1 aromatic rings. The van der Waals surface area contributed by atoms with E-state index in [0.29, 0.717) is 24.3 Å². The molecule has 128 valence electrons. The van der Waals surface area contributed by atoms with Crippen molar-refractivity contribution >= 4 is 17.6 Å². The summed E-state index contributed by atoms with van der Waals surface area (Å²) in [7, 11) is 0. The van der Waals surface area contributed by atoms with E-state index in [0.717, 1.165) is 24.8 Å². The smallest absolute Gasteiger partial charge is 0.314 e. The van der Waals surface area contributed by atoms with Crippen molar-refractivity contribution in [2.24, 2.45) is 0 Å². The number of hydrogen-bond donors (Lipinski definition) is 3. The third kappa shape index (κ3) is 6.77. The fourth-order valence-electron chi connectivity index (χ4n) is 2.63. The van der Waals surface area contributed by atoms with Crippen molar-refractivity contribution in [2.75, 3.05) is 19.7 Å². The molecule has 0 heterocycles. The Kier molecular flexibility index (Phi) is 7.65. The van der Waals surface area contributed by atoms with Crippen LogP contribution in [0.5, 0.6) is 0 Å². The van der Waals surface area contributed by atoms with Crippen molar-refractivity contribution in [1.29, 1.82) is 0 Å². The first-order valence-corrected chi connectivity index (χ1v) is 8.60. The summed E-state index contributed by atoms with van der Waals surface area (Å²) in [4.78, 5) is 11.7. The second-order valence-corrected chi connectivity index (χ2v) is 6.27. The molecule has 2 amide bonds. The number of carbonyl (C=O) groups excluding carboxylic acids is 1. The quantitative estimate of drug-likeness (QED) is 0.637. The van der Waals surface area contributed by atoms with Crippen LogP contribution in [0, 0.1) is 0 Å².